The van der Waals surface area contributed by atoms with Crippen LogP contribution in [0.15, 0.2) is 53.4 Å². The number of ether oxygens (including phenoxy) is 1. The number of aryl methyl sites for hydroxylation is 1. The highest BCUT2D eigenvalue weighted by molar-refractivity contribution is 8.00. The summed E-state index contributed by atoms with van der Waals surface area (Å²) >= 11 is 1.36. The number of thioether (sulfide) groups is 1. The number of anilines is 1. The van der Waals surface area contributed by atoms with E-state index in [-0.39, 0.29) is 0 Å². The topological polar surface area (TPSA) is 55.4 Å². The fraction of sp³-hybridized carbons (Fsp3) is 0.222. The maximum absolute atomic E-state index is 13.4. The number of halogens is 1. The monoisotopic (exact) mass is 347 g/mol. The Balaban J connectivity index is 1.80. The van der Waals surface area contributed by atoms with Gasteiger partial charge in [0.2, 0.25) is 0 Å². The lowest BCUT2D eigenvalue weighted by Crippen LogP contribution is -2.24. The van der Waals surface area contributed by atoms with E-state index in [9.17, 15) is 14.0 Å². The molecule has 6 heteroatoms. The molecule has 0 heterocycles. The maximum Gasteiger partial charge on any atom is 0.319 e. The van der Waals surface area contributed by atoms with Crippen molar-refractivity contribution >= 4 is 29.3 Å². The molecule has 0 fully saturated rings. The van der Waals surface area contributed by atoms with Crippen LogP contribution >= 0.6 is 11.8 Å². The molecule has 126 valence electrons. The molecule has 0 aromatic heterocycles. The SMILES string of the molecule is Cc1ccc(NC(=O)COC(=O)[C@@H](C)Sc2ccccc2)cc1F. The first-order valence-electron chi connectivity index (χ1n) is 7.40. The molecule has 2 aromatic carbocycles. The molecule has 0 saturated carbocycles. The third-order valence-corrected chi connectivity index (χ3v) is 4.28. The quantitative estimate of drug-likeness (QED) is 0.638. The van der Waals surface area contributed by atoms with Crippen molar-refractivity contribution in [2.45, 2.75) is 24.0 Å². The largest absolute Gasteiger partial charge is 0.455 e. The number of hydrogen-bond donors (Lipinski definition) is 1. The van der Waals surface area contributed by atoms with Crippen LogP contribution in [0.25, 0.3) is 0 Å². The minimum Gasteiger partial charge on any atom is -0.455 e. The van der Waals surface area contributed by atoms with Gasteiger partial charge >= 0.3 is 5.97 Å². The summed E-state index contributed by atoms with van der Waals surface area (Å²) in [6.45, 7) is 2.94. The standard InChI is InChI=1S/C18H18FNO3S/c1-12-8-9-14(10-16(12)19)20-17(21)11-23-18(22)13(2)24-15-6-4-3-5-7-15/h3-10,13H,11H2,1-2H3,(H,20,21)/t13-/m1/s1. The number of hydrogen-bond acceptors (Lipinski definition) is 4. The van der Waals surface area contributed by atoms with Gasteiger partial charge in [-0.15, -0.1) is 11.8 Å². The van der Waals surface area contributed by atoms with Gasteiger partial charge in [0, 0.05) is 10.6 Å². The zero-order valence-corrected chi connectivity index (χ0v) is 14.2. The summed E-state index contributed by atoms with van der Waals surface area (Å²) in [6, 6.07) is 13.8. The lowest BCUT2D eigenvalue weighted by Gasteiger charge is -2.11. The van der Waals surface area contributed by atoms with Crippen LogP contribution in [-0.4, -0.2) is 23.7 Å². The number of amides is 1. The second kappa shape index (κ2) is 8.49. The van der Waals surface area contributed by atoms with E-state index >= 15 is 0 Å². The van der Waals surface area contributed by atoms with Crippen molar-refractivity contribution in [3.63, 3.8) is 0 Å². The maximum atomic E-state index is 13.4. The van der Waals surface area contributed by atoms with Crippen molar-refractivity contribution in [1.29, 1.82) is 0 Å². The molecule has 0 aliphatic heterocycles. The van der Waals surface area contributed by atoms with Crippen LogP contribution in [-0.2, 0) is 14.3 Å². The first kappa shape index (κ1) is 18.0. The molecule has 0 aliphatic carbocycles. The van der Waals surface area contributed by atoms with Crippen LogP contribution in [0.1, 0.15) is 12.5 Å². The average molecular weight is 347 g/mol. The van der Waals surface area contributed by atoms with Crippen LogP contribution in [0.5, 0.6) is 0 Å². The van der Waals surface area contributed by atoms with E-state index in [1.807, 2.05) is 30.3 Å². The first-order chi connectivity index (χ1) is 11.5. The summed E-state index contributed by atoms with van der Waals surface area (Å²) in [5.74, 6) is -1.39. The fourth-order valence-electron chi connectivity index (χ4n) is 1.87. The fourth-order valence-corrected chi connectivity index (χ4v) is 2.76. The summed E-state index contributed by atoms with van der Waals surface area (Å²) in [5, 5.41) is 2.06. The second-order valence-corrected chi connectivity index (χ2v) is 6.61. The zero-order chi connectivity index (χ0) is 17.5. The number of rotatable bonds is 6. The van der Waals surface area contributed by atoms with Gasteiger partial charge in [0.1, 0.15) is 11.1 Å². The van der Waals surface area contributed by atoms with Gasteiger partial charge in [-0.2, -0.15) is 0 Å². The Hall–Kier alpha value is -2.34. The van der Waals surface area contributed by atoms with Gasteiger partial charge in [-0.25, -0.2) is 4.39 Å². The molecule has 0 spiro atoms. The Kier molecular flexibility index (Phi) is 6.37. The predicted molar refractivity (Wildman–Crippen MR) is 92.5 cm³/mol. The number of esters is 1. The predicted octanol–water partition coefficient (Wildman–Crippen LogP) is 3.80. The molecule has 0 aliphatic rings. The van der Waals surface area contributed by atoms with Crippen molar-refractivity contribution < 1.29 is 18.7 Å². The van der Waals surface area contributed by atoms with Gasteiger partial charge in [0.25, 0.3) is 5.91 Å². The summed E-state index contributed by atoms with van der Waals surface area (Å²) in [7, 11) is 0. The summed E-state index contributed by atoms with van der Waals surface area (Å²) in [6.07, 6.45) is 0. The Labute approximate surface area is 144 Å². The Morgan fingerprint density at radius 2 is 1.92 bits per heavy atom. The number of carbonyl (C=O) groups excluding carboxylic acids is 2. The van der Waals surface area contributed by atoms with E-state index in [1.54, 1.807) is 26.0 Å². The summed E-state index contributed by atoms with van der Waals surface area (Å²) in [4.78, 5) is 24.6. The van der Waals surface area contributed by atoms with Gasteiger partial charge in [-0.3, -0.25) is 9.59 Å². The molecule has 1 N–H and O–H groups in total. The summed E-state index contributed by atoms with van der Waals surface area (Å²) < 4.78 is 18.4. The molecule has 2 rings (SSSR count). The minimum atomic E-state index is -0.511. The average Bonchev–Trinajstić information content (AvgIpc) is 2.57. The Morgan fingerprint density at radius 3 is 2.58 bits per heavy atom. The van der Waals surface area contributed by atoms with E-state index in [4.69, 9.17) is 4.74 Å². The van der Waals surface area contributed by atoms with Crippen LogP contribution in [0.2, 0.25) is 0 Å². The lowest BCUT2D eigenvalue weighted by molar-refractivity contribution is -0.146. The second-order valence-electron chi connectivity index (χ2n) is 5.19. The molecular formula is C18H18FNO3S. The smallest absolute Gasteiger partial charge is 0.319 e. The van der Waals surface area contributed by atoms with Crippen molar-refractivity contribution in [3.8, 4) is 0 Å². The van der Waals surface area contributed by atoms with Gasteiger partial charge < -0.3 is 10.1 Å². The highest BCUT2D eigenvalue weighted by Gasteiger charge is 2.17. The first-order valence-corrected chi connectivity index (χ1v) is 8.28. The van der Waals surface area contributed by atoms with Crippen molar-refractivity contribution in [3.05, 3.63) is 59.9 Å². The molecule has 0 unspecified atom stereocenters. The molecule has 0 saturated heterocycles. The highest BCUT2D eigenvalue weighted by atomic mass is 32.2. The third kappa shape index (κ3) is 5.38. The molecule has 4 nitrogen and oxygen atoms in total. The number of nitrogens with one attached hydrogen (secondary N) is 1. The van der Waals surface area contributed by atoms with Crippen LogP contribution in [0.4, 0.5) is 10.1 Å². The van der Waals surface area contributed by atoms with Crippen LogP contribution < -0.4 is 5.32 Å². The molecule has 1 atom stereocenters. The van der Waals surface area contributed by atoms with Crippen LogP contribution in [0.3, 0.4) is 0 Å². The van der Waals surface area contributed by atoms with Crippen molar-refractivity contribution in [2.24, 2.45) is 0 Å². The Morgan fingerprint density at radius 1 is 1.21 bits per heavy atom. The van der Waals surface area contributed by atoms with E-state index in [0.29, 0.717) is 11.3 Å². The molecule has 0 bridgehead atoms. The Bertz CT molecular complexity index is 721. The molecule has 24 heavy (non-hydrogen) atoms. The number of benzene rings is 2. The molecular weight excluding hydrogens is 329 g/mol. The molecule has 1 amide bonds. The third-order valence-electron chi connectivity index (χ3n) is 3.19. The normalized spacial score (nSPS) is 11.6. The van der Waals surface area contributed by atoms with E-state index < -0.39 is 29.6 Å². The van der Waals surface area contributed by atoms with Crippen molar-refractivity contribution in [1.82, 2.24) is 0 Å². The van der Waals surface area contributed by atoms with E-state index in [1.165, 1.54) is 17.8 Å². The number of carbonyl (C=O) groups is 2. The van der Waals surface area contributed by atoms with Gasteiger partial charge in [0.05, 0.1) is 0 Å². The lowest BCUT2D eigenvalue weighted by atomic mass is 10.2. The summed E-state index contributed by atoms with van der Waals surface area (Å²) in [5.41, 5.74) is 0.817. The van der Waals surface area contributed by atoms with E-state index in [2.05, 4.69) is 5.32 Å². The van der Waals surface area contributed by atoms with Gasteiger partial charge in [-0.05, 0) is 43.7 Å². The molecule has 2 aromatic rings. The minimum absolute atomic E-state index is 0.325. The molecule has 0 radical (unpaired) electrons. The van der Waals surface area contributed by atoms with Crippen molar-refractivity contribution in [2.75, 3.05) is 11.9 Å². The van der Waals surface area contributed by atoms with E-state index in [0.717, 1.165) is 4.90 Å². The van der Waals surface area contributed by atoms with Gasteiger partial charge in [-0.1, -0.05) is 24.3 Å². The van der Waals surface area contributed by atoms with Gasteiger partial charge in [0.15, 0.2) is 6.61 Å². The van der Waals surface area contributed by atoms with Crippen LogP contribution in [0, 0.1) is 12.7 Å². The highest BCUT2D eigenvalue weighted by Crippen LogP contribution is 2.23. The zero-order valence-electron chi connectivity index (χ0n) is 13.4.